The Morgan fingerprint density at radius 1 is 1.32 bits per heavy atom. The molecule has 2 heterocycles. The Kier molecular flexibility index (Phi) is 5.19. The van der Waals surface area contributed by atoms with E-state index in [9.17, 15) is 12.8 Å². The first-order chi connectivity index (χ1) is 11.9. The van der Waals surface area contributed by atoms with E-state index in [1.54, 1.807) is 11.3 Å². The van der Waals surface area contributed by atoms with E-state index in [-0.39, 0.29) is 17.2 Å². The molecule has 0 fully saturated rings. The number of aryl methyl sites for hydroxylation is 1. The summed E-state index contributed by atoms with van der Waals surface area (Å²) in [5.74, 6) is -0.552. The molecule has 0 aliphatic heterocycles. The van der Waals surface area contributed by atoms with Crippen LogP contribution in [-0.4, -0.2) is 20.5 Å². The van der Waals surface area contributed by atoms with Gasteiger partial charge in [0.2, 0.25) is 10.0 Å². The number of thiazole rings is 1. The lowest BCUT2D eigenvalue weighted by Gasteiger charge is -2.10. The SMILES string of the molecule is COc1ccc(F)cc1S(=O)(=O)NCc1sc(-c2cccs2)nc1C. The van der Waals surface area contributed by atoms with Crippen molar-refractivity contribution in [1.29, 1.82) is 0 Å². The molecular weight excluding hydrogens is 383 g/mol. The van der Waals surface area contributed by atoms with Crippen LogP contribution in [0.25, 0.3) is 9.88 Å². The van der Waals surface area contributed by atoms with E-state index >= 15 is 0 Å². The maximum absolute atomic E-state index is 13.4. The predicted molar refractivity (Wildman–Crippen MR) is 97.1 cm³/mol. The van der Waals surface area contributed by atoms with Crippen molar-refractivity contribution in [3.63, 3.8) is 0 Å². The summed E-state index contributed by atoms with van der Waals surface area (Å²) in [6.45, 7) is 1.91. The van der Waals surface area contributed by atoms with Gasteiger partial charge in [0.25, 0.3) is 0 Å². The van der Waals surface area contributed by atoms with Gasteiger partial charge in [0.1, 0.15) is 21.5 Å². The zero-order chi connectivity index (χ0) is 18.0. The Labute approximate surface area is 153 Å². The minimum absolute atomic E-state index is 0.0802. The van der Waals surface area contributed by atoms with E-state index in [0.717, 1.165) is 32.6 Å². The zero-order valence-corrected chi connectivity index (χ0v) is 15.9. The molecule has 2 aromatic heterocycles. The third-order valence-electron chi connectivity index (χ3n) is 3.46. The fraction of sp³-hybridized carbons (Fsp3) is 0.188. The van der Waals surface area contributed by atoms with Crippen molar-refractivity contribution in [2.75, 3.05) is 7.11 Å². The Hall–Kier alpha value is -1.81. The average Bonchev–Trinajstić information content (AvgIpc) is 3.22. The topological polar surface area (TPSA) is 68.3 Å². The largest absolute Gasteiger partial charge is 0.495 e. The monoisotopic (exact) mass is 398 g/mol. The highest BCUT2D eigenvalue weighted by atomic mass is 32.2. The molecule has 0 spiro atoms. The molecular formula is C16H15FN2O3S3. The molecule has 0 bridgehead atoms. The number of nitrogens with zero attached hydrogens (tertiary/aromatic N) is 1. The van der Waals surface area contributed by atoms with E-state index in [1.165, 1.54) is 24.5 Å². The van der Waals surface area contributed by atoms with Crippen LogP contribution in [0.15, 0.2) is 40.6 Å². The van der Waals surface area contributed by atoms with E-state index < -0.39 is 15.8 Å². The standard InChI is InChI=1S/C16H15FN2O3S3/c1-10-14(24-16(19-10)13-4-3-7-23-13)9-18-25(20,21)15-8-11(17)5-6-12(15)22-2/h3-8,18H,9H2,1-2H3. The van der Waals surface area contributed by atoms with Crippen LogP contribution in [-0.2, 0) is 16.6 Å². The van der Waals surface area contributed by atoms with Gasteiger partial charge in [0.05, 0.1) is 17.7 Å². The molecule has 0 aliphatic rings. The van der Waals surface area contributed by atoms with Crippen molar-refractivity contribution in [1.82, 2.24) is 9.71 Å². The highest BCUT2D eigenvalue weighted by molar-refractivity contribution is 7.89. The summed E-state index contributed by atoms with van der Waals surface area (Å²) in [7, 11) is -2.58. The lowest BCUT2D eigenvalue weighted by Crippen LogP contribution is -2.23. The third kappa shape index (κ3) is 3.90. The smallest absolute Gasteiger partial charge is 0.244 e. The first-order valence-corrected chi connectivity index (χ1v) is 10.4. The lowest BCUT2D eigenvalue weighted by molar-refractivity contribution is 0.400. The van der Waals surface area contributed by atoms with Crippen LogP contribution in [0.4, 0.5) is 4.39 Å². The van der Waals surface area contributed by atoms with Gasteiger partial charge < -0.3 is 4.74 Å². The second kappa shape index (κ2) is 7.20. The van der Waals surface area contributed by atoms with Crippen molar-refractivity contribution >= 4 is 32.7 Å². The number of methoxy groups -OCH3 is 1. The van der Waals surface area contributed by atoms with Gasteiger partial charge in [0.15, 0.2) is 0 Å². The zero-order valence-electron chi connectivity index (χ0n) is 13.4. The van der Waals surface area contributed by atoms with Gasteiger partial charge in [-0.25, -0.2) is 22.5 Å². The summed E-state index contributed by atoms with van der Waals surface area (Å²) in [6, 6.07) is 7.29. The minimum atomic E-state index is -3.92. The molecule has 3 aromatic rings. The summed E-state index contributed by atoms with van der Waals surface area (Å²) in [6.07, 6.45) is 0. The van der Waals surface area contributed by atoms with Crippen LogP contribution in [0.1, 0.15) is 10.6 Å². The van der Waals surface area contributed by atoms with Crippen LogP contribution in [0.2, 0.25) is 0 Å². The van der Waals surface area contributed by atoms with E-state index in [4.69, 9.17) is 4.74 Å². The quantitative estimate of drug-likeness (QED) is 0.686. The molecule has 0 amide bonds. The number of hydrogen-bond donors (Lipinski definition) is 1. The molecule has 0 saturated heterocycles. The highest BCUT2D eigenvalue weighted by Crippen LogP contribution is 2.31. The summed E-state index contributed by atoms with van der Waals surface area (Å²) in [5.41, 5.74) is 0.766. The number of sulfonamides is 1. The fourth-order valence-electron chi connectivity index (χ4n) is 2.20. The van der Waals surface area contributed by atoms with Gasteiger partial charge in [-0.15, -0.1) is 22.7 Å². The maximum atomic E-state index is 13.4. The van der Waals surface area contributed by atoms with Gasteiger partial charge >= 0.3 is 0 Å². The minimum Gasteiger partial charge on any atom is -0.495 e. The van der Waals surface area contributed by atoms with Crippen LogP contribution >= 0.6 is 22.7 Å². The van der Waals surface area contributed by atoms with E-state index in [2.05, 4.69) is 9.71 Å². The van der Waals surface area contributed by atoms with Crippen LogP contribution in [0.3, 0.4) is 0 Å². The molecule has 9 heteroatoms. The van der Waals surface area contributed by atoms with Crippen LogP contribution in [0, 0.1) is 12.7 Å². The molecule has 3 rings (SSSR count). The van der Waals surface area contributed by atoms with Crippen molar-refractivity contribution in [3.05, 3.63) is 52.1 Å². The van der Waals surface area contributed by atoms with Crippen LogP contribution < -0.4 is 9.46 Å². The number of halogens is 1. The third-order valence-corrected chi connectivity index (χ3v) is 7.08. The number of rotatable bonds is 6. The Bertz CT molecular complexity index is 982. The molecule has 0 aliphatic carbocycles. The number of ether oxygens (including phenoxy) is 1. The Balaban J connectivity index is 1.83. The van der Waals surface area contributed by atoms with Gasteiger partial charge in [-0.3, -0.25) is 0 Å². The normalized spacial score (nSPS) is 11.6. The van der Waals surface area contributed by atoms with Crippen molar-refractivity contribution in [2.45, 2.75) is 18.4 Å². The number of benzene rings is 1. The van der Waals surface area contributed by atoms with Gasteiger partial charge in [-0.1, -0.05) is 6.07 Å². The summed E-state index contributed by atoms with van der Waals surface area (Å²) >= 11 is 3.01. The Morgan fingerprint density at radius 3 is 2.80 bits per heavy atom. The number of thiophene rings is 1. The van der Waals surface area contributed by atoms with Gasteiger partial charge in [0, 0.05) is 11.4 Å². The Morgan fingerprint density at radius 2 is 2.12 bits per heavy atom. The predicted octanol–water partition coefficient (Wildman–Crippen LogP) is 3.81. The number of aromatic nitrogens is 1. The molecule has 0 unspecified atom stereocenters. The highest BCUT2D eigenvalue weighted by Gasteiger charge is 2.21. The first kappa shape index (κ1) is 18.0. The van der Waals surface area contributed by atoms with Crippen molar-refractivity contribution in [2.24, 2.45) is 0 Å². The summed E-state index contributed by atoms with van der Waals surface area (Å²) in [4.78, 5) is 6.10. The van der Waals surface area contributed by atoms with Crippen molar-refractivity contribution < 1.29 is 17.5 Å². The molecule has 0 radical (unpaired) electrons. The summed E-state index contributed by atoms with van der Waals surface area (Å²) < 4.78 is 46.0. The molecule has 0 atom stereocenters. The molecule has 1 aromatic carbocycles. The second-order valence-corrected chi connectivity index (χ2v) is 8.89. The van der Waals surface area contributed by atoms with Crippen LogP contribution in [0.5, 0.6) is 5.75 Å². The lowest BCUT2D eigenvalue weighted by atomic mass is 10.3. The van der Waals surface area contributed by atoms with Crippen molar-refractivity contribution in [3.8, 4) is 15.6 Å². The molecule has 0 saturated carbocycles. The number of nitrogens with one attached hydrogen (secondary N) is 1. The van der Waals surface area contributed by atoms with E-state index in [1.807, 2.05) is 24.4 Å². The fourth-order valence-corrected chi connectivity index (χ4v) is 5.26. The first-order valence-electron chi connectivity index (χ1n) is 7.24. The molecule has 5 nitrogen and oxygen atoms in total. The maximum Gasteiger partial charge on any atom is 0.244 e. The average molecular weight is 399 g/mol. The van der Waals surface area contributed by atoms with Gasteiger partial charge in [-0.2, -0.15) is 0 Å². The molecule has 132 valence electrons. The van der Waals surface area contributed by atoms with E-state index in [0.29, 0.717) is 0 Å². The van der Waals surface area contributed by atoms with Gasteiger partial charge in [-0.05, 0) is 36.6 Å². The second-order valence-electron chi connectivity index (χ2n) is 5.12. The molecule has 25 heavy (non-hydrogen) atoms. The molecule has 1 N–H and O–H groups in total. The number of hydrogen-bond acceptors (Lipinski definition) is 6. The summed E-state index contributed by atoms with van der Waals surface area (Å²) in [5, 5.41) is 2.81.